The maximum Gasteiger partial charge on any atom is 0.138 e. The van der Waals surface area contributed by atoms with Gasteiger partial charge in [0.2, 0.25) is 0 Å². The van der Waals surface area contributed by atoms with E-state index in [1.807, 2.05) is 13.8 Å². The molecule has 0 bridgehead atoms. The molecule has 18 heavy (non-hydrogen) atoms. The van der Waals surface area contributed by atoms with Gasteiger partial charge in [-0.25, -0.2) is 0 Å². The monoisotopic (exact) mass is 251 g/mol. The van der Waals surface area contributed by atoms with Crippen molar-refractivity contribution in [2.24, 2.45) is 0 Å². The fourth-order valence-electron chi connectivity index (χ4n) is 2.85. The lowest BCUT2D eigenvalue weighted by molar-refractivity contribution is 0.117. The summed E-state index contributed by atoms with van der Waals surface area (Å²) in [6, 6.07) is 0. The van der Waals surface area contributed by atoms with Gasteiger partial charge in [0.15, 0.2) is 0 Å². The SMILES string of the molecule is CCC1(CC)CN(Cc2c(C)noc2C)CCN1. The molecule has 0 spiro atoms. The summed E-state index contributed by atoms with van der Waals surface area (Å²) >= 11 is 0. The standard InChI is InChI=1S/C14H25N3O/c1-5-14(6-2)10-17(8-7-15-14)9-13-11(3)16-18-12(13)4/h15H,5-10H2,1-4H3. The zero-order valence-corrected chi connectivity index (χ0v) is 12.0. The van der Waals surface area contributed by atoms with Gasteiger partial charge in [-0.05, 0) is 26.7 Å². The summed E-state index contributed by atoms with van der Waals surface area (Å²) in [6.45, 7) is 12.8. The molecular weight excluding hydrogens is 226 g/mol. The van der Waals surface area contributed by atoms with Crippen LogP contribution in [-0.2, 0) is 6.54 Å². The predicted molar refractivity (Wildman–Crippen MR) is 72.6 cm³/mol. The molecule has 1 aromatic rings. The van der Waals surface area contributed by atoms with Crippen LogP contribution in [0.25, 0.3) is 0 Å². The molecule has 1 N–H and O–H groups in total. The van der Waals surface area contributed by atoms with Gasteiger partial charge in [-0.3, -0.25) is 4.90 Å². The predicted octanol–water partition coefficient (Wildman–Crippen LogP) is 2.26. The Morgan fingerprint density at radius 3 is 2.61 bits per heavy atom. The van der Waals surface area contributed by atoms with Crippen LogP contribution in [0, 0.1) is 13.8 Å². The number of nitrogens with one attached hydrogen (secondary N) is 1. The van der Waals surface area contributed by atoms with Gasteiger partial charge in [-0.2, -0.15) is 0 Å². The highest BCUT2D eigenvalue weighted by atomic mass is 16.5. The maximum atomic E-state index is 5.25. The molecule has 0 aromatic carbocycles. The molecule has 1 aromatic heterocycles. The van der Waals surface area contributed by atoms with E-state index in [4.69, 9.17) is 4.52 Å². The van der Waals surface area contributed by atoms with E-state index in [0.29, 0.717) is 0 Å². The van der Waals surface area contributed by atoms with E-state index in [-0.39, 0.29) is 5.54 Å². The molecule has 102 valence electrons. The number of aryl methyl sites for hydroxylation is 2. The van der Waals surface area contributed by atoms with Crippen molar-refractivity contribution in [1.29, 1.82) is 0 Å². The van der Waals surface area contributed by atoms with E-state index in [9.17, 15) is 0 Å². The van der Waals surface area contributed by atoms with Crippen molar-refractivity contribution < 1.29 is 4.52 Å². The first-order valence-corrected chi connectivity index (χ1v) is 6.99. The van der Waals surface area contributed by atoms with Crippen LogP contribution >= 0.6 is 0 Å². The molecule has 0 atom stereocenters. The summed E-state index contributed by atoms with van der Waals surface area (Å²) in [5, 5.41) is 7.73. The van der Waals surface area contributed by atoms with E-state index in [0.717, 1.165) is 37.6 Å². The Morgan fingerprint density at radius 2 is 2.06 bits per heavy atom. The van der Waals surface area contributed by atoms with Crippen LogP contribution in [0.15, 0.2) is 4.52 Å². The lowest BCUT2D eigenvalue weighted by atomic mass is 9.90. The molecular formula is C14H25N3O. The molecule has 2 heterocycles. The van der Waals surface area contributed by atoms with E-state index in [1.54, 1.807) is 0 Å². The number of hydrogen-bond acceptors (Lipinski definition) is 4. The number of nitrogens with zero attached hydrogens (tertiary/aromatic N) is 2. The van der Waals surface area contributed by atoms with Crippen molar-refractivity contribution in [1.82, 2.24) is 15.4 Å². The van der Waals surface area contributed by atoms with Crippen molar-refractivity contribution in [2.75, 3.05) is 19.6 Å². The van der Waals surface area contributed by atoms with E-state index >= 15 is 0 Å². The first-order valence-electron chi connectivity index (χ1n) is 6.99. The number of aromatic nitrogens is 1. The van der Waals surface area contributed by atoms with Gasteiger partial charge in [0, 0.05) is 37.3 Å². The third kappa shape index (κ3) is 2.59. The minimum absolute atomic E-state index is 0.289. The zero-order chi connectivity index (χ0) is 13.2. The molecule has 0 amide bonds. The topological polar surface area (TPSA) is 41.3 Å². The van der Waals surface area contributed by atoms with Gasteiger partial charge in [0.1, 0.15) is 5.76 Å². The molecule has 1 fully saturated rings. The fraction of sp³-hybridized carbons (Fsp3) is 0.786. The van der Waals surface area contributed by atoms with E-state index in [2.05, 4.69) is 29.2 Å². The number of piperazine rings is 1. The van der Waals surface area contributed by atoms with Crippen molar-refractivity contribution in [3.8, 4) is 0 Å². The van der Waals surface area contributed by atoms with Crippen LogP contribution in [0.4, 0.5) is 0 Å². The Morgan fingerprint density at radius 1 is 1.33 bits per heavy atom. The Kier molecular flexibility index (Phi) is 4.07. The molecule has 4 heteroatoms. The Hall–Kier alpha value is -0.870. The second kappa shape index (κ2) is 5.41. The van der Waals surface area contributed by atoms with Gasteiger partial charge >= 0.3 is 0 Å². The van der Waals surface area contributed by atoms with Crippen LogP contribution in [-0.4, -0.2) is 35.2 Å². The molecule has 1 saturated heterocycles. The van der Waals surface area contributed by atoms with Gasteiger partial charge in [0.05, 0.1) is 5.69 Å². The summed E-state index contributed by atoms with van der Waals surface area (Å²) in [4.78, 5) is 2.52. The average Bonchev–Trinajstić information content (AvgIpc) is 2.71. The highest BCUT2D eigenvalue weighted by Gasteiger charge is 2.32. The highest BCUT2D eigenvalue weighted by Crippen LogP contribution is 2.23. The van der Waals surface area contributed by atoms with Crippen LogP contribution < -0.4 is 5.32 Å². The first kappa shape index (κ1) is 13.6. The van der Waals surface area contributed by atoms with E-state index in [1.165, 1.54) is 18.4 Å². The van der Waals surface area contributed by atoms with Gasteiger partial charge < -0.3 is 9.84 Å². The molecule has 1 aliphatic rings. The van der Waals surface area contributed by atoms with Gasteiger partial charge in [-0.15, -0.1) is 0 Å². The molecule has 0 radical (unpaired) electrons. The van der Waals surface area contributed by atoms with Gasteiger partial charge in [0.25, 0.3) is 0 Å². The fourth-order valence-corrected chi connectivity index (χ4v) is 2.85. The second-order valence-electron chi connectivity index (χ2n) is 5.43. The van der Waals surface area contributed by atoms with Gasteiger partial charge in [-0.1, -0.05) is 19.0 Å². The van der Waals surface area contributed by atoms with Crippen LogP contribution in [0.5, 0.6) is 0 Å². The van der Waals surface area contributed by atoms with Crippen molar-refractivity contribution >= 4 is 0 Å². The molecule has 0 aliphatic carbocycles. The molecule has 4 nitrogen and oxygen atoms in total. The minimum Gasteiger partial charge on any atom is -0.361 e. The van der Waals surface area contributed by atoms with Crippen LogP contribution in [0.3, 0.4) is 0 Å². The zero-order valence-electron chi connectivity index (χ0n) is 12.0. The summed E-state index contributed by atoms with van der Waals surface area (Å²) in [5.41, 5.74) is 2.58. The third-order valence-corrected chi connectivity index (χ3v) is 4.37. The summed E-state index contributed by atoms with van der Waals surface area (Å²) < 4.78 is 5.25. The molecule has 0 saturated carbocycles. The van der Waals surface area contributed by atoms with Crippen molar-refractivity contribution in [3.05, 3.63) is 17.0 Å². The Balaban J connectivity index is 2.06. The largest absolute Gasteiger partial charge is 0.361 e. The number of rotatable bonds is 4. The minimum atomic E-state index is 0.289. The molecule has 0 unspecified atom stereocenters. The summed E-state index contributed by atoms with van der Waals surface area (Å²) in [7, 11) is 0. The Labute approximate surface area is 110 Å². The quantitative estimate of drug-likeness (QED) is 0.891. The Bertz CT molecular complexity index is 376. The van der Waals surface area contributed by atoms with Crippen LogP contribution in [0.1, 0.15) is 43.7 Å². The first-order chi connectivity index (χ1) is 8.60. The normalized spacial score (nSPS) is 20.2. The lowest BCUT2D eigenvalue weighted by Crippen LogP contribution is -2.59. The average molecular weight is 251 g/mol. The van der Waals surface area contributed by atoms with Crippen molar-refractivity contribution in [3.63, 3.8) is 0 Å². The van der Waals surface area contributed by atoms with Crippen LogP contribution in [0.2, 0.25) is 0 Å². The smallest absolute Gasteiger partial charge is 0.138 e. The second-order valence-corrected chi connectivity index (χ2v) is 5.43. The molecule has 2 rings (SSSR count). The van der Waals surface area contributed by atoms with E-state index < -0.39 is 0 Å². The maximum absolute atomic E-state index is 5.25. The highest BCUT2D eigenvalue weighted by molar-refractivity contribution is 5.20. The summed E-state index contributed by atoms with van der Waals surface area (Å²) in [5.74, 6) is 0.963. The number of hydrogen-bond donors (Lipinski definition) is 1. The van der Waals surface area contributed by atoms with Crippen molar-refractivity contribution in [2.45, 2.75) is 52.6 Å². The third-order valence-electron chi connectivity index (χ3n) is 4.37. The molecule has 1 aliphatic heterocycles. The summed E-state index contributed by atoms with van der Waals surface area (Å²) in [6.07, 6.45) is 2.36. The lowest BCUT2D eigenvalue weighted by Gasteiger charge is -2.43.